The number of rotatable bonds is 4. The van der Waals surface area contributed by atoms with Crippen molar-refractivity contribution in [1.29, 1.82) is 5.26 Å². The molecule has 1 amide bonds. The van der Waals surface area contributed by atoms with Gasteiger partial charge in [0.05, 0.1) is 17.3 Å². The van der Waals surface area contributed by atoms with Crippen molar-refractivity contribution in [1.82, 2.24) is 14.7 Å². The first-order chi connectivity index (χ1) is 15.4. The Bertz CT molecular complexity index is 1180. The van der Waals surface area contributed by atoms with E-state index in [2.05, 4.69) is 11.2 Å². The van der Waals surface area contributed by atoms with Crippen molar-refractivity contribution in [3.8, 4) is 23.0 Å². The summed E-state index contributed by atoms with van der Waals surface area (Å²) in [7, 11) is 3.68. The molecule has 2 N–H and O–H groups in total. The average Bonchev–Trinajstić information content (AvgIpc) is 3.23. The molecule has 1 unspecified atom stereocenters. The number of nitrogens with zero attached hydrogens (tertiary/aromatic N) is 5. The highest BCUT2D eigenvalue weighted by atomic mass is 19.1. The van der Waals surface area contributed by atoms with Gasteiger partial charge in [-0.05, 0) is 49.2 Å². The van der Waals surface area contributed by atoms with Gasteiger partial charge in [0.2, 0.25) is 0 Å². The molecule has 1 aromatic heterocycles. The topological polar surface area (TPSA) is 91.2 Å². The van der Waals surface area contributed by atoms with Crippen molar-refractivity contribution < 1.29 is 9.18 Å². The van der Waals surface area contributed by atoms with Crippen LogP contribution in [0.1, 0.15) is 28.9 Å². The van der Waals surface area contributed by atoms with Gasteiger partial charge in [-0.2, -0.15) is 10.4 Å². The van der Waals surface area contributed by atoms with E-state index in [4.69, 9.17) is 11.0 Å². The lowest BCUT2D eigenvalue weighted by molar-refractivity contribution is 0.0702. The molecule has 164 valence electrons. The first kappa shape index (κ1) is 21.5. The molecule has 0 radical (unpaired) electrons. The highest BCUT2D eigenvalue weighted by molar-refractivity contribution is 5.93. The van der Waals surface area contributed by atoms with Crippen LogP contribution in [-0.2, 0) is 0 Å². The second-order valence-corrected chi connectivity index (χ2v) is 8.20. The smallest absolute Gasteiger partial charge is 0.274 e. The molecular weight excluding hydrogens is 407 g/mol. The molecule has 7 nitrogen and oxygen atoms in total. The molecule has 2 aromatic carbocycles. The summed E-state index contributed by atoms with van der Waals surface area (Å²) in [6.45, 7) is 1.10. The number of benzene rings is 2. The lowest BCUT2D eigenvalue weighted by Crippen LogP contribution is -2.45. The minimum atomic E-state index is -0.451. The van der Waals surface area contributed by atoms with Crippen LogP contribution in [0, 0.1) is 17.1 Å². The second-order valence-electron chi connectivity index (χ2n) is 8.20. The van der Waals surface area contributed by atoms with E-state index in [0.717, 1.165) is 24.1 Å². The minimum absolute atomic E-state index is 0.0520. The summed E-state index contributed by atoms with van der Waals surface area (Å²) in [6.07, 6.45) is 1.73. The Labute approximate surface area is 186 Å². The molecule has 3 aromatic rings. The zero-order chi connectivity index (χ0) is 22.8. The van der Waals surface area contributed by atoms with Crippen molar-refractivity contribution >= 4 is 11.6 Å². The maximum absolute atomic E-state index is 15.1. The average molecular weight is 433 g/mol. The Morgan fingerprint density at radius 2 is 1.97 bits per heavy atom. The normalized spacial score (nSPS) is 16.0. The highest BCUT2D eigenvalue weighted by Crippen LogP contribution is 2.28. The molecule has 0 aliphatic carbocycles. The maximum Gasteiger partial charge on any atom is 0.274 e. The number of hydrogen-bond acceptors (Lipinski definition) is 5. The first-order valence-electron chi connectivity index (χ1n) is 10.5. The van der Waals surface area contributed by atoms with Gasteiger partial charge in [-0.25, -0.2) is 9.07 Å². The lowest BCUT2D eigenvalue weighted by Gasteiger charge is -2.30. The number of likely N-dealkylation sites (tertiary alicyclic amines) is 1. The Hall–Kier alpha value is -3.70. The number of carbonyl (C=O) groups is 1. The van der Waals surface area contributed by atoms with Crippen LogP contribution in [-0.4, -0.2) is 53.8 Å². The maximum atomic E-state index is 15.1. The summed E-state index contributed by atoms with van der Waals surface area (Å²) in [5.41, 5.74) is 9.04. The van der Waals surface area contributed by atoms with Crippen LogP contribution in [0.5, 0.6) is 0 Å². The van der Waals surface area contributed by atoms with Crippen LogP contribution in [0.25, 0.3) is 16.9 Å². The molecule has 1 saturated heterocycles. The molecular formula is C24H25FN6O. The molecule has 2 heterocycles. The van der Waals surface area contributed by atoms with E-state index in [1.807, 2.05) is 19.0 Å². The molecule has 0 bridgehead atoms. The van der Waals surface area contributed by atoms with Gasteiger partial charge in [0.15, 0.2) is 11.5 Å². The summed E-state index contributed by atoms with van der Waals surface area (Å²) in [4.78, 5) is 16.7. The number of hydrogen-bond donors (Lipinski definition) is 1. The van der Waals surface area contributed by atoms with Crippen LogP contribution >= 0.6 is 0 Å². The van der Waals surface area contributed by atoms with Crippen LogP contribution < -0.4 is 10.6 Å². The summed E-state index contributed by atoms with van der Waals surface area (Å²) in [6, 6.07) is 15.5. The quantitative estimate of drug-likeness (QED) is 0.684. The number of carbonyl (C=O) groups excluding carboxylic acids is 1. The number of amides is 1. The largest absolute Gasteiger partial charge is 0.378 e. The van der Waals surface area contributed by atoms with Gasteiger partial charge < -0.3 is 15.5 Å². The van der Waals surface area contributed by atoms with Gasteiger partial charge >= 0.3 is 0 Å². The van der Waals surface area contributed by atoms with E-state index in [1.54, 1.807) is 47.4 Å². The molecule has 0 saturated carbocycles. The summed E-state index contributed by atoms with van der Waals surface area (Å²) < 4.78 is 16.5. The van der Waals surface area contributed by atoms with Gasteiger partial charge in [0.1, 0.15) is 5.69 Å². The Balaban J connectivity index is 1.80. The zero-order valence-corrected chi connectivity index (χ0v) is 18.1. The number of nitrogens with two attached hydrogens (primary N) is 1. The minimum Gasteiger partial charge on any atom is -0.378 e. The molecule has 4 rings (SSSR count). The standard InChI is InChI=1S/C24H25FN6O/c1-29(2)19-9-10-22(20(25)12-19)31-23(17-7-5-16(14-26)6-8-17)13-21(28-31)24(32)30-11-3-4-18(27)15-30/h5-10,12-13,18H,3-4,11,15,27H2,1-2H3. The van der Waals surface area contributed by atoms with Gasteiger partial charge in [0.25, 0.3) is 5.91 Å². The number of piperidine rings is 1. The third-order valence-corrected chi connectivity index (χ3v) is 5.66. The van der Waals surface area contributed by atoms with E-state index >= 15 is 4.39 Å². The number of nitriles is 1. The van der Waals surface area contributed by atoms with Crippen LogP contribution in [0.3, 0.4) is 0 Å². The number of anilines is 1. The van der Waals surface area contributed by atoms with E-state index < -0.39 is 5.82 Å². The Kier molecular flexibility index (Phi) is 5.93. The van der Waals surface area contributed by atoms with Crippen LogP contribution in [0.2, 0.25) is 0 Å². The SMILES string of the molecule is CN(C)c1ccc(-n2nc(C(=O)N3CCCC(N)C3)cc2-c2ccc(C#N)cc2)c(F)c1. The highest BCUT2D eigenvalue weighted by Gasteiger charge is 2.26. The summed E-state index contributed by atoms with van der Waals surface area (Å²) in [5.74, 6) is -0.674. The van der Waals surface area contributed by atoms with Crippen LogP contribution in [0.15, 0.2) is 48.5 Å². The van der Waals surface area contributed by atoms with E-state index in [0.29, 0.717) is 24.3 Å². The monoisotopic (exact) mass is 432 g/mol. The molecule has 0 spiro atoms. The third-order valence-electron chi connectivity index (χ3n) is 5.66. The van der Waals surface area contributed by atoms with Crippen molar-refractivity contribution in [3.63, 3.8) is 0 Å². The number of halogens is 1. The zero-order valence-electron chi connectivity index (χ0n) is 18.1. The molecule has 8 heteroatoms. The lowest BCUT2D eigenvalue weighted by atomic mass is 10.1. The fraction of sp³-hybridized carbons (Fsp3) is 0.292. The predicted molar refractivity (Wildman–Crippen MR) is 121 cm³/mol. The van der Waals surface area contributed by atoms with E-state index in [1.165, 1.54) is 10.7 Å². The molecule has 32 heavy (non-hydrogen) atoms. The fourth-order valence-electron chi connectivity index (χ4n) is 3.89. The van der Waals surface area contributed by atoms with Gasteiger partial charge in [-0.3, -0.25) is 4.79 Å². The van der Waals surface area contributed by atoms with Crippen molar-refractivity contribution in [2.45, 2.75) is 18.9 Å². The van der Waals surface area contributed by atoms with E-state index in [-0.39, 0.29) is 23.3 Å². The van der Waals surface area contributed by atoms with Gasteiger partial charge in [-0.15, -0.1) is 0 Å². The van der Waals surface area contributed by atoms with Crippen molar-refractivity contribution in [2.24, 2.45) is 5.73 Å². The third kappa shape index (κ3) is 4.20. The van der Waals surface area contributed by atoms with Crippen molar-refractivity contribution in [3.05, 3.63) is 65.6 Å². The Morgan fingerprint density at radius 1 is 1.22 bits per heavy atom. The molecule has 1 atom stereocenters. The fourth-order valence-corrected chi connectivity index (χ4v) is 3.89. The Morgan fingerprint density at radius 3 is 2.59 bits per heavy atom. The van der Waals surface area contributed by atoms with Gasteiger partial charge in [0, 0.05) is 44.5 Å². The summed E-state index contributed by atoms with van der Waals surface area (Å²) >= 11 is 0. The molecule has 1 fully saturated rings. The van der Waals surface area contributed by atoms with Gasteiger partial charge in [-0.1, -0.05) is 12.1 Å². The summed E-state index contributed by atoms with van der Waals surface area (Å²) in [5, 5.41) is 13.6. The van der Waals surface area contributed by atoms with Crippen LogP contribution in [0.4, 0.5) is 10.1 Å². The predicted octanol–water partition coefficient (Wildman–Crippen LogP) is 3.18. The first-order valence-corrected chi connectivity index (χ1v) is 10.5. The van der Waals surface area contributed by atoms with Crippen molar-refractivity contribution in [2.75, 3.05) is 32.1 Å². The second kappa shape index (κ2) is 8.81. The molecule has 1 aliphatic heterocycles. The van der Waals surface area contributed by atoms with E-state index in [9.17, 15) is 4.79 Å². The molecule has 1 aliphatic rings. The number of aromatic nitrogens is 2.